The van der Waals surface area contributed by atoms with Gasteiger partial charge in [-0.1, -0.05) is 29.8 Å². The van der Waals surface area contributed by atoms with E-state index in [0.717, 1.165) is 5.69 Å². The van der Waals surface area contributed by atoms with E-state index in [1.165, 1.54) is 18.0 Å². The first-order valence-corrected chi connectivity index (χ1v) is 6.98. The molecule has 0 amide bonds. The third kappa shape index (κ3) is 2.94. The Morgan fingerprint density at radius 1 is 1.24 bits per heavy atom. The standard InChI is InChI=1S/C11H9ClN8S/c12-8-6-14-10(16-13)15-9(8)21-11-17-18-19-20(11)7-4-2-1-3-5-7/h1-6H,13H2,(H,14,15,16). The van der Waals surface area contributed by atoms with Crippen LogP contribution in [0.3, 0.4) is 0 Å². The van der Waals surface area contributed by atoms with Crippen molar-refractivity contribution < 1.29 is 0 Å². The number of hydrazine groups is 1. The summed E-state index contributed by atoms with van der Waals surface area (Å²) in [4.78, 5) is 8.09. The Kier molecular flexibility index (Phi) is 3.95. The lowest BCUT2D eigenvalue weighted by Crippen LogP contribution is -2.10. The van der Waals surface area contributed by atoms with Crippen molar-refractivity contribution in [1.82, 2.24) is 30.2 Å². The van der Waals surface area contributed by atoms with Gasteiger partial charge in [0.25, 0.3) is 0 Å². The van der Waals surface area contributed by atoms with Crippen molar-refractivity contribution in [2.75, 3.05) is 5.43 Å². The number of tetrazole rings is 1. The number of para-hydroxylation sites is 1. The van der Waals surface area contributed by atoms with Crippen LogP contribution in [0, 0.1) is 0 Å². The zero-order valence-corrected chi connectivity index (χ0v) is 12.1. The van der Waals surface area contributed by atoms with Crippen molar-refractivity contribution in [3.8, 4) is 5.69 Å². The SMILES string of the molecule is NNc1ncc(Cl)c(Sc2nnnn2-c2ccccc2)n1. The highest BCUT2D eigenvalue weighted by molar-refractivity contribution is 7.99. The van der Waals surface area contributed by atoms with Crippen LogP contribution in [-0.2, 0) is 0 Å². The van der Waals surface area contributed by atoms with Crippen LogP contribution >= 0.6 is 23.4 Å². The lowest BCUT2D eigenvalue weighted by molar-refractivity contribution is 0.756. The molecule has 0 unspecified atom stereocenters. The fraction of sp³-hybridized carbons (Fsp3) is 0. The molecule has 0 fully saturated rings. The van der Waals surface area contributed by atoms with E-state index in [1.807, 2.05) is 30.3 Å². The van der Waals surface area contributed by atoms with Crippen LogP contribution in [0.4, 0.5) is 5.95 Å². The highest BCUT2D eigenvalue weighted by atomic mass is 35.5. The summed E-state index contributed by atoms with van der Waals surface area (Å²) in [5.41, 5.74) is 3.21. The van der Waals surface area contributed by atoms with Crippen LogP contribution in [0.15, 0.2) is 46.7 Å². The largest absolute Gasteiger partial charge is 0.292 e. The van der Waals surface area contributed by atoms with Crippen LogP contribution in [0.25, 0.3) is 5.69 Å². The topological polar surface area (TPSA) is 107 Å². The number of hydrogen-bond donors (Lipinski definition) is 2. The Balaban J connectivity index is 1.95. The zero-order chi connectivity index (χ0) is 14.7. The monoisotopic (exact) mass is 320 g/mol. The lowest BCUT2D eigenvalue weighted by Gasteiger charge is -2.05. The van der Waals surface area contributed by atoms with Crippen molar-refractivity contribution in [2.24, 2.45) is 5.84 Å². The zero-order valence-electron chi connectivity index (χ0n) is 10.5. The van der Waals surface area contributed by atoms with Crippen LogP contribution in [0.1, 0.15) is 0 Å². The molecule has 21 heavy (non-hydrogen) atoms. The fourth-order valence-corrected chi connectivity index (χ4v) is 2.52. The predicted octanol–water partition coefficient (Wildman–Crippen LogP) is 1.54. The number of aromatic nitrogens is 6. The number of anilines is 1. The van der Waals surface area contributed by atoms with E-state index in [2.05, 4.69) is 30.9 Å². The molecule has 0 saturated carbocycles. The summed E-state index contributed by atoms with van der Waals surface area (Å²) in [6.07, 6.45) is 1.46. The highest BCUT2D eigenvalue weighted by Gasteiger charge is 2.14. The molecule has 8 nitrogen and oxygen atoms in total. The van der Waals surface area contributed by atoms with Gasteiger partial charge in [0.2, 0.25) is 11.1 Å². The molecule has 3 aromatic rings. The minimum absolute atomic E-state index is 0.264. The van der Waals surface area contributed by atoms with Crippen LogP contribution in [0.2, 0.25) is 5.02 Å². The Morgan fingerprint density at radius 3 is 2.81 bits per heavy atom. The van der Waals surface area contributed by atoms with Gasteiger partial charge in [0.15, 0.2) is 0 Å². The quantitative estimate of drug-likeness (QED) is 0.423. The highest BCUT2D eigenvalue weighted by Crippen LogP contribution is 2.31. The summed E-state index contributed by atoms with van der Waals surface area (Å²) in [5.74, 6) is 5.55. The predicted molar refractivity (Wildman–Crippen MR) is 78.1 cm³/mol. The molecular weight excluding hydrogens is 312 g/mol. The molecule has 0 saturated heterocycles. The van der Waals surface area contributed by atoms with Crippen molar-refractivity contribution >= 4 is 29.3 Å². The van der Waals surface area contributed by atoms with Gasteiger partial charge in [-0.25, -0.2) is 15.8 Å². The number of nitrogens with zero attached hydrogens (tertiary/aromatic N) is 6. The molecule has 2 heterocycles. The lowest BCUT2D eigenvalue weighted by atomic mass is 10.3. The Labute approximate surface area is 128 Å². The molecule has 10 heteroatoms. The summed E-state index contributed by atoms with van der Waals surface area (Å²) >= 11 is 7.30. The molecule has 1 aromatic carbocycles. The minimum Gasteiger partial charge on any atom is -0.292 e. The molecule has 0 spiro atoms. The van der Waals surface area contributed by atoms with E-state index in [9.17, 15) is 0 Å². The van der Waals surface area contributed by atoms with Crippen molar-refractivity contribution in [2.45, 2.75) is 10.2 Å². The second-order valence-corrected chi connectivity index (χ2v) is 5.17. The van der Waals surface area contributed by atoms with Gasteiger partial charge in [-0.2, -0.15) is 4.68 Å². The Hall–Kier alpha value is -2.23. The molecule has 3 N–H and O–H groups in total. The van der Waals surface area contributed by atoms with E-state index in [4.69, 9.17) is 17.4 Å². The molecule has 0 aliphatic carbocycles. The van der Waals surface area contributed by atoms with Crippen LogP contribution < -0.4 is 11.3 Å². The maximum atomic E-state index is 6.08. The molecule has 0 aliphatic heterocycles. The summed E-state index contributed by atoms with van der Waals surface area (Å²) < 4.78 is 1.60. The fourth-order valence-electron chi connectivity index (χ4n) is 1.55. The number of nitrogen functional groups attached to an aromatic ring is 1. The summed E-state index contributed by atoms with van der Waals surface area (Å²) in [6, 6.07) is 9.52. The summed E-state index contributed by atoms with van der Waals surface area (Å²) in [7, 11) is 0. The number of benzene rings is 1. The summed E-state index contributed by atoms with van der Waals surface area (Å²) in [5, 5.41) is 13.1. The molecule has 3 rings (SSSR count). The first kappa shape index (κ1) is 13.7. The molecule has 0 atom stereocenters. The first-order chi connectivity index (χ1) is 10.3. The Bertz CT molecular complexity index is 747. The van der Waals surface area contributed by atoms with Gasteiger partial charge >= 0.3 is 0 Å². The van der Waals surface area contributed by atoms with Gasteiger partial charge in [0.1, 0.15) is 5.03 Å². The molecule has 106 valence electrons. The number of rotatable bonds is 4. The van der Waals surface area contributed by atoms with Gasteiger partial charge in [-0.05, 0) is 34.3 Å². The second-order valence-electron chi connectivity index (χ2n) is 3.80. The van der Waals surface area contributed by atoms with Gasteiger partial charge in [0.05, 0.1) is 16.9 Å². The number of nitrogens with one attached hydrogen (secondary N) is 1. The average Bonchev–Trinajstić information content (AvgIpc) is 2.98. The van der Waals surface area contributed by atoms with E-state index in [-0.39, 0.29) is 5.95 Å². The van der Waals surface area contributed by atoms with E-state index in [1.54, 1.807) is 4.68 Å². The molecule has 0 bridgehead atoms. The summed E-state index contributed by atoms with van der Waals surface area (Å²) in [6.45, 7) is 0. The third-order valence-electron chi connectivity index (χ3n) is 2.47. The van der Waals surface area contributed by atoms with Gasteiger partial charge in [-0.3, -0.25) is 5.43 Å². The first-order valence-electron chi connectivity index (χ1n) is 5.79. The smallest absolute Gasteiger partial charge is 0.238 e. The molecule has 0 aliphatic rings. The normalized spacial score (nSPS) is 10.6. The third-order valence-corrected chi connectivity index (χ3v) is 3.80. The van der Waals surface area contributed by atoms with Crippen molar-refractivity contribution in [1.29, 1.82) is 0 Å². The van der Waals surface area contributed by atoms with E-state index in [0.29, 0.717) is 15.2 Å². The van der Waals surface area contributed by atoms with E-state index < -0.39 is 0 Å². The van der Waals surface area contributed by atoms with Crippen molar-refractivity contribution in [3.05, 3.63) is 41.6 Å². The maximum absolute atomic E-state index is 6.08. The molecule has 2 aromatic heterocycles. The van der Waals surface area contributed by atoms with Crippen molar-refractivity contribution in [3.63, 3.8) is 0 Å². The average molecular weight is 321 g/mol. The number of halogens is 1. The minimum atomic E-state index is 0.264. The van der Waals surface area contributed by atoms with Crippen LogP contribution in [-0.4, -0.2) is 30.2 Å². The van der Waals surface area contributed by atoms with Crippen LogP contribution in [0.5, 0.6) is 0 Å². The number of nitrogens with two attached hydrogens (primary N) is 1. The maximum Gasteiger partial charge on any atom is 0.238 e. The van der Waals surface area contributed by atoms with Gasteiger partial charge in [0, 0.05) is 0 Å². The molecule has 0 radical (unpaired) electrons. The second kappa shape index (κ2) is 6.04. The van der Waals surface area contributed by atoms with Gasteiger partial charge < -0.3 is 0 Å². The van der Waals surface area contributed by atoms with E-state index >= 15 is 0 Å². The van der Waals surface area contributed by atoms with Gasteiger partial charge in [-0.15, -0.1) is 5.10 Å². The Morgan fingerprint density at radius 2 is 2.05 bits per heavy atom. The number of hydrogen-bond acceptors (Lipinski definition) is 8. The molecular formula is C11H9ClN8S.